The van der Waals surface area contributed by atoms with Crippen molar-refractivity contribution in [1.29, 1.82) is 0 Å². The molecule has 0 aromatic heterocycles. The second kappa shape index (κ2) is 6.25. The summed E-state index contributed by atoms with van der Waals surface area (Å²) in [7, 11) is 0. The van der Waals surface area contributed by atoms with Gasteiger partial charge in [0.15, 0.2) is 0 Å². The summed E-state index contributed by atoms with van der Waals surface area (Å²) in [6.45, 7) is 5.82. The first-order valence-electron chi connectivity index (χ1n) is 5.96. The minimum atomic E-state index is 0.263. The van der Waals surface area contributed by atoms with E-state index in [1.54, 1.807) is 0 Å². The Hall–Kier alpha value is 0.420. The van der Waals surface area contributed by atoms with Crippen molar-refractivity contribution in [3.63, 3.8) is 0 Å². The van der Waals surface area contributed by atoms with E-state index in [-0.39, 0.29) is 6.10 Å². The molecule has 1 fully saturated rings. The van der Waals surface area contributed by atoms with E-state index < -0.39 is 0 Å². The van der Waals surface area contributed by atoms with Gasteiger partial charge < -0.3 is 9.47 Å². The molecule has 0 N–H and O–H groups in total. The predicted octanol–water partition coefficient (Wildman–Crippen LogP) is 5.27. The zero-order valence-electron chi connectivity index (χ0n) is 10.3. The summed E-state index contributed by atoms with van der Waals surface area (Å²) >= 11 is 10.8. The fraction of sp³-hybridized carbons (Fsp3) is 0.538. The first kappa shape index (κ1) is 14.8. The van der Waals surface area contributed by atoms with E-state index >= 15 is 0 Å². The number of ether oxygens (including phenoxy) is 2. The molecule has 100 valence electrons. The number of benzene rings is 1. The van der Waals surface area contributed by atoms with Crippen LogP contribution < -0.4 is 4.74 Å². The lowest BCUT2D eigenvalue weighted by Crippen LogP contribution is -2.06. The monoisotopic (exact) mass is 440 g/mol. The molecule has 0 spiro atoms. The molecule has 2 nitrogen and oxygen atoms in total. The summed E-state index contributed by atoms with van der Waals surface area (Å²) in [5.74, 6) is 1.34. The largest absolute Gasteiger partial charge is 0.488 e. The van der Waals surface area contributed by atoms with Gasteiger partial charge in [-0.1, -0.05) is 29.8 Å². The van der Waals surface area contributed by atoms with Crippen molar-refractivity contribution in [3.05, 3.63) is 25.0 Å². The molecule has 0 aliphatic carbocycles. The highest BCUT2D eigenvalue weighted by atomic mass is 79.9. The minimum Gasteiger partial charge on any atom is -0.488 e. The lowest BCUT2D eigenvalue weighted by atomic mass is 9.98. The van der Waals surface area contributed by atoms with Gasteiger partial charge in [-0.2, -0.15) is 0 Å². The summed E-state index contributed by atoms with van der Waals surface area (Å²) in [4.78, 5) is 0. The van der Waals surface area contributed by atoms with E-state index in [0.29, 0.717) is 12.5 Å². The van der Waals surface area contributed by atoms with Crippen molar-refractivity contribution >= 4 is 47.8 Å². The maximum Gasteiger partial charge on any atom is 0.148 e. The van der Waals surface area contributed by atoms with Crippen LogP contribution in [0.3, 0.4) is 0 Å². The Morgan fingerprint density at radius 3 is 2.61 bits per heavy atom. The minimum absolute atomic E-state index is 0.263. The van der Waals surface area contributed by atoms with Crippen LogP contribution in [0.5, 0.6) is 5.75 Å². The highest BCUT2D eigenvalue weighted by molar-refractivity contribution is 9.11. The maximum atomic E-state index is 5.84. The zero-order chi connectivity index (χ0) is 13.3. The van der Waals surface area contributed by atoms with Crippen molar-refractivity contribution in [2.45, 2.75) is 32.3 Å². The second-order valence-corrected chi connectivity index (χ2v) is 6.97. The van der Waals surface area contributed by atoms with Crippen LogP contribution in [0.15, 0.2) is 19.5 Å². The molecule has 18 heavy (non-hydrogen) atoms. The van der Waals surface area contributed by atoms with Crippen LogP contribution in [-0.2, 0) is 4.74 Å². The third kappa shape index (κ3) is 3.30. The average Bonchev–Trinajstić information content (AvgIpc) is 3.11. The fourth-order valence-electron chi connectivity index (χ4n) is 1.72. The van der Waals surface area contributed by atoms with E-state index in [1.807, 2.05) is 0 Å². The summed E-state index contributed by atoms with van der Waals surface area (Å²) in [5, 5.41) is 0. The molecule has 1 aliphatic heterocycles. The van der Waals surface area contributed by atoms with E-state index in [4.69, 9.17) is 9.47 Å². The third-order valence-electron chi connectivity index (χ3n) is 3.08. The number of hydrogen-bond acceptors (Lipinski definition) is 2. The molecular weight excluding hydrogens is 428 g/mol. The molecule has 1 heterocycles. The van der Waals surface area contributed by atoms with Gasteiger partial charge in [0.2, 0.25) is 0 Å². The lowest BCUT2D eigenvalue weighted by molar-refractivity contribution is 0.260. The first-order chi connectivity index (χ1) is 8.54. The topological polar surface area (TPSA) is 21.8 Å². The molecule has 2 atom stereocenters. The van der Waals surface area contributed by atoms with Crippen molar-refractivity contribution < 1.29 is 9.47 Å². The van der Waals surface area contributed by atoms with Gasteiger partial charge in [0, 0.05) is 4.47 Å². The number of hydrogen-bond donors (Lipinski definition) is 0. The number of epoxide rings is 1. The molecule has 1 aromatic carbocycles. The van der Waals surface area contributed by atoms with Gasteiger partial charge in [-0.15, -0.1) is 0 Å². The number of rotatable bonds is 5. The highest BCUT2D eigenvalue weighted by Gasteiger charge is 2.25. The lowest BCUT2D eigenvalue weighted by Gasteiger charge is -2.18. The molecule has 1 aromatic rings. The Morgan fingerprint density at radius 1 is 1.39 bits per heavy atom. The molecule has 1 aliphatic rings. The molecule has 2 unspecified atom stereocenters. The van der Waals surface area contributed by atoms with Crippen LogP contribution in [0, 0.1) is 0 Å². The molecule has 0 bridgehead atoms. The van der Waals surface area contributed by atoms with Gasteiger partial charge in [0.1, 0.15) is 18.5 Å². The number of halogens is 3. The van der Waals surface area contributed by atoms with Crippen LogP contribution >= 0.6 is 47.8 Å². The molecule has 0 radical (unpaired) electrons. The van der Waals surface area contributed by atoms with Crippen molar-refractivity contribution in [2.24, 2.45) is 0 Å². The normalized spacial score (nSPS) is 19.7. The fourth-order valence-corrected chi connectivity index (χ4v) is 4.85. The van der Waals surface area contributed by atoms with Crippen LogP contribution in [-0.4, -0.2) is 19.3 Å². The van der Waals surface area contributed by atoms with E-state index in [1.165, 1.54) is 5.56 Å². The Kier molecular flexibility index (Phi) is 5.14. The summed E-state index contributed by atoms with van der Waals surface area (Å²) < 4.78 is 14.1. The summed E-state index contributed by atoms with van der Waals surface area (Å²) in [6, 6.07) is 2.05. The smallest absolute Gasteiger partial charge is 0.148 e. The molecule has 0 amide bonds. The molecular formula is C13H15Br3O2. The van der Waals surface area contributed by atoms with Crippen molar-refractivity contribution in [1.82, 2.24) is 0 Å². The van der Waals surface area contributed by atoms with Crippen LogP contribution in [0.2, 0.25) is 0 Å². The molecule has 2 rings (SSSR count). The standard InChI is InChI=1S/C13H15Br3O2/c1-3-7(2)11-9(14)4-10(15)13(12(11)16)18-6-8-5-17-8/h4,7-8H,3,5-6H2,1-2H3. The van der Waals surface area contributed by atoms with E-state index in [9.17, 15) is 0 Å². The average molecular weight is 443 g/mol. The zero-order valence-corrected chi connectivity index (χ0v) is 15.1. The Bertz CT molecular complexity index is 444. The van der Waals surface area contributed by atoms with Gasteiger partial charge in [-0.3, -0.25) is 0 Å². The Balaban J connectivity index is 2.31. The van der Waals surface area contributed by atoms with E-state index in [2.05, 4.69) is 67.7 Å². The van der Waals surface area contributed by atoms with Gasteiger partial charge >= 0.3 is 0 Å². The highest BCUT2D eigenvalue weighted by Crippen LogP contribution is 2.44. The van der Waals surface area contributed by atoms with Crippen LogP contribution in [0.25, 0.3) is 0 Å². The molecule has 5 heteroatoms. The SMILES string of the molecule is CCC(C)c1c(Br)cc(Br)c(OCC2CO2)c1Br. The van der Waals surface area contributed by atoms with Gasteiger partial charge in [-0.05, 0) is 55.8 Å². The second-order valence-electron chi connectivity index (χ2n) is 4.47. The van der Waals surface area contributed by atoms with Crippen LogP contribution in [0.4, 0.5) is 0 Å². The van der Waals surface area contributed by atoms with Crippen molar-refractivity contribution in [3.8, 4) is 5.75 Å². The van der Waals surface area contributed by atoms with Crippen molar-refractivity contribution in [2.75, 3.05) is 13.2 Å². The van der Waals surface area contributed by atoms with Gasteiger partial charge in [0.05, 0.1) is 15.6 Å². The first-order valence-corrected chi connectivity index (χ1v) is 8.34. The molecule has 0 saturated carbocycles. The Morgan fingerprint density at radius 2 is 2.06 bits per heavy atom. The quantitative estimate of drug-likeness (QED) is 0.580. The molecule has 1 saturated heterocycles. The third-order valence-corrected chi connectivity index (χ3v) is 5.12. The van der Waals surface area contributed by atoms with Gasteiger partial charge in [-0.25, -0.2) is 0 Å². The summed E-state index contributed by atoms with van der Waals surface area (Å²) in [6.07, 6.45) is 1.35. The summed E-state index contributed by atoms with van der Waals surface area (Å²) in [5.41, 5.74) is 1.26. The van der Waals surface area contributed by atoms with Gasteiger partial charge in [0.25, 0.3) is 0 Å². The maximum absolute atomic E-state index is 5.84. The van der Waals surface area contributed by atoms with Crippen LogP contribution in [0.1, 0.15) is 31.7 Å². The van der Waals surface area contributed by atoms with E-state index in [0.717, 1.165) is 32.2 Å². The predicted molar refractivity (Wildman–Crippen MR) is 83.5 cm³/mol. The Labute approximate surface area is 133 Å².